The second-order valence-electron chi connectivity index (χ2n) is 0.447. The molecule has 0 aromatic carbocycles. The summed E-state index contributed by atoms with van der Waals surface area (Å²) in [6, 6.07) is 0. The van der Waals surface area contributed by atoms with Crippen molar-refractivity contribution in [3.8, 4) is 0 Å². The molecule has 0 aromatic rings. The maximum atomic E-state index is 8.25. The first-order valence-electron chi connectivity index (χ1n) is 1.10. The summed E-state index contributed by atoms with van der Waals surface area (Å²) in [5, 5.41) is 29.5. The Labute approximate surface area is 64.6 Å². The van der Waals surface area contributed by atoms with Gasteiger partial charge in [0.15, 0.2) is 0 Å². The summed E-state index contributed by atoms with van der Waals surface area (Å²) in [6.07, 6.45) is 0. The SMILES string of the molecule is O=[N+]([O-])[O-].O=[N+]([O-])[O-].[Co].[NH4+]. The molecule has 0 aromatic heterocycles. The van der Waals surface area contributed by atoms with Gasteiger partial charge in [-0.15, -0.1) is 0 Å². The quantitative estimate of drug-likeness (QED) is 0.423. The third-order valence-electron chi connectivity index (χ3n) is 0. The van der Waals surface area contributed by atoms with Crippen LogP contribution in [0.5, 0.6) is 0 Å². The van der Waals surface area contributed by atoms with Crippen LogP contribution in [-0.4, -0.2) is 10.2 Å². The molecular weight excluding hydrogens is 197 g/mol. The van der Waals surface area contributed by atoms with Crippen molar-refractivity contribution in [2.24, 2.45) is 0 Å². The van der Waals surface area contributed by atoms with Crippen LogP contribution in [0.25, 0.3) is 0 Å². The molecule has 1 radical (unpaired) electrons. The van der Waals surface area contributed by atoms with Gasteiger partial charge in [-0.05, 0) is 0 Å². The van der Waals surface area contributed by atoms with Crippen molar-refractivity contribution in [1.29, 1.82) is 0 Å². The summed E-state index contributed by atoms with van der Waals surface area (Å²) >= 11 is 0. The number of quaternary nitrogens is 1. The maximum absolute atomic E-state index is 8.25. The van der Waals surface area contributed by atoms with Crippen LogP contribution in [-0.2, 0) is 16.8 Å². The molecule has 0 aliphatic heterocycles. The van der Waals surface area contributed by atoms with Crippen LogP contribution in [0.15, 0.2) is 0 Å². The molecule has 9 nitrogen and oxygen atoms in total. The van der Waals surface area contributed by atoms with Gasteiger partial charge in [-0.1, -0.05) is 0 Å². The van der Waals surface area contributed by atoms with E-state index in [9.17, 15) is 0 Å². The molecule has 0 saturated heterocycles. The summed E-state index contributed by atoms with van der Waals surface area (Å²) in [4.78, 5) is 16.5. The van der Waals surface area contributed by atoms with Crippen molar-refractivity contribution in [2.45, 2.75) is 0 Å². The summed E-state index contributed by atoms with van der Waals surface area (Å²) in [7, 11) is 0. The topological polar surface area (TPSA) is 169 Å². The van der Waals surface area contributed by atoms with Gasteiger partial charge < -0.3 is 36.8 Å². The van der Waals surface area contributed by atoms with Crippen LogP contribution in [0.2, 0.25) is 0 Å². The first-order valence-corrected chi connectivity index (χ1v) is 1.10. The van der Waals surface area contributed by atoms with E-state index in [-0.39, 0.29) is 22.9 Å². The van der Waals surface area contributed by atoms with Crippen molar-refractivity contribution in [3.05, 3.63) is 30.6 Å². The van der Waals surface area contributed by atoms with E-state index in [4.69, 9.17) is 30.6 Å². The van der Waals surface area contributed by atoms with Gasteiger partial charge in [0.1, 0.15) is 0 Å². The van der Waals surface area contributed by atoms with E-state index in [0.717, 1.165) is 0 Å². The minimum Gasteiger partial charge on any atom is -0.369 e. The Hall–Kier alpha value is -1.13. The molecule has 0 atom stereocenters. The predicted octanol–water partition coefficient (Wildman–Crippen LogP) is -0.105. The minimum atomic E-state index is -1.75. The molecule has 0 aliphatic rings. The first kappa shape index (κ1) is 23.2. The average Bonchev–Trinajstić information content (AvgIpc) is 1.25. The van der Waals surface area contributed by atoms with Crippen LogP contribution in [0.1, 0.15) is 0 Å². The van der Waals surface area contributed by atoms with Crippen molar-refractivity contribution < 1.29 is 27.0 Å². The molecule has 0 aliphatic carbocycles. The van der Waals surface area contributed by atoms with Crippen molar-refractivity contribution >= 4 is 0 Å². The van der Waals surface area contributed by atoms with Crippen molar-refractivity contribution in [2.75, 3.05) is 0 Å². The minimum absolute atomic E-state index is 0. The normalized spacial score (nSPS) is 4.80. The molecule has 10 heavy (non-hydrogen) atoms. The number of hydrogen-bond acceptors (Lipinski definition) is 6. The Morgan fingerprint density at radius 3 is 0.800 bits per heavy atom. The monoisotopic (exact) mass is 201 g/mol. The predicted molar refractivity (Wildman–Crippen MR) is 26.7 cm³/mol. The van der Waals surface area contributed by atoms with Crippen molar-refractivity contribution in [3.63, 3.8) is 0 Å². The number of hydrogen-bond donors (Lipinski definition) is 1. The molecule has 65 valence electrons. The van der Waals surface area contributed by atoms with Crippen LogP contribution in [0.4, 0.5) is 0 Å². The Balaban J connectivity index is -0.0000000300. The van der Waals surface area contributed by atoms with E-state index in [1.54, 1.807) is 0 Å². The fraction of sp³-hybridized carbons (Fsp3) is 0. The van der Waals surface area contributed by atoms with Gasteiger partial charge in [0.05, 0.1) is 10.2 Å². The first-order chi connectivity index (χ1) is 3.46. The van der Waals surface area contributed by atoms with Gasteiger partial charge in [0.2, 0.25) is 0 Å². The molecule has 0 saturated carbocycles. The number of rotatable bonds is 0. The Kier molecular flexibility index (Phi) is 36.3. The Morgan fingerprint density at radius 1 is 0.800 bits per heavy atom. The molecular formula is H4CoN3O6-. The largest absolute Gasteiger partial charge is 0.369 e. The average molecular weight is 201 g/mol. The molecule has 0 rings (SSSR count). The Morgan fingerprint density at radius 2 is 0.800 bits per heavy atom. The van der Waals surface area contributed by atoms with Crippen molar-refractivity contribution in [1.82, 2.24) is 6.15 Å². The Bertz CT molecular complexity index is 71.0. The third-order valence-corrected chi connectivity index (χ3v) is 0. The van der Waals surface area contributed by atoms with Gasteiger partial charge >= 0.3 is 0 Å². The third kappa shape index (κ3) is 184. The second kappa shape index (κ2) is 15.7. The maximum Gasteiger partial charge on any atom is 0.0689 e. The fourth-order valence-corrected chi connectivity index (χ4v) is 0. The van der Waals surface area contributed by atoms with E-state index >= 15 is 0 Å². The van der Waals surface area contributed by atoms with Crippen LogP contribution < -0.4 is 6.15 Å². The van der Waals surface area contributed by atoms with Gasteiger partial charge in [-0.2, -0.15) is 0 Å². The zero-order valence-corrected chi connectivity index (χ0v) is 5.72. The molecule has 0 heterocycles. The molecule has 0 bridgehead atoms. The fourth-order valence-electron chi connectivity index (χ4n) is 0. The van der Waals surface area contributed by atoms with Gasteiger partial charge in [-0.25, -0.2) is 0 Å². The molecule has 0 spiro atoms. The molecule has 10 heteroatoms. The van der Waals surface area contributed by atoms with Gasteiger partial charge in [0, 0.05) is 16.8 Å². The van der Waals surface area contributed by atoms with Crippen LogP contribution in [0, 0.1) is 30.6 Å². The summed E-state index contributed by atoms with van der Waals surface area (Å²) in [5.41, 5.74) is 0. The zero-order valence-electron chi connectivity index (χ0n) is 4.68. The van der Waals surface area contributed by atoms with Crippen LogP contribution in [0.3, 0.4) is 0 Å². The summed E-state index contributed by atoms with van der Waals surface area (Å²) in [5.74, 6) is 0. The standard InChI is InChI=1S/Co.2NO3.H3N/c;2*2-1(3)4;/h;;;1H3/q;2*-1;/p+1. The smallest absolute Gasteiger partial charge is 0.0689 e. The molecule has 4 N–H and O–H groups in total. The zero-order chi connectivity index (χ0) is 7.15. The van der Waals surface area contributed by atoms with E-state index in [1.807, 2.05) is 0 Å². The van der Waals surface area contributed by atoms with E-state index in [2.05, 4.69) is 0 Å². The second-order valence-corrected chi connectivity index (χ2v) is 0.447. The molecule has 0 unspecified atom stereocenters. The molecule has 0 fully saturated rings. The summed E-state index contributed by atoms with van der Waals surface area (Å²) < 4.78 is 0. The van der Waals surface area contributed by atoms with E-state index < -0.39 is 10.2 Å². The molecule has 0 amide bonds. The van der Waals surface area contributed by atoms with Gasteiger partial charge in [0.25, 0.3) is 0 Å². The van der Waals surface area contributed by atoms with Gasteiger partial charge in [-0.3, -0.25) is 0 Å². The van der Waals surface area contributed by atoms with Crippen LogP contribution >= 0.6 is 0 Å². The van der Waals surface area contributed by atoms with E-state index in [0.29, 0.717) is 0 Å². The van der Waals surface area contributed by atoms with E-state index in [1.165, 1.54) is 0 Å². The number of nitrogens with zero attached hydrogens (tertiary/aromatic N) is 2. The summed E-state index contributed by atoms with van der Waals surface area (Å²) in [6.45, 7) is 0.